The van der Waals surface area contributed by atoms with Crippen LogP contribution in [0.3, 0.4) is 0 Å². The molecule has 27 heavy (non-hydrogen) atoms. The molecule has 0 atom stereocenters. The van der Waals surface area contributed by atoms with Crippen LogP contribution in [-0.4, -0.2) is 30.1 Å². The summed E-state index contributed by atoms with van der Waals surface area (Å²) in [5.74, 6) is 0.721. The van der Waals surface area contributed by atoms with E-state index in [4.69, 9.17) is 5.26 Å². The second-order valence-corrected chi connectivity index (χ2v) is 7.56. The lowest BCUT2D eigenvalue weighted by Gasteiger charge is -2.05. The Labute approximate surface area is 155 Å². The highest BCUT2D eigenvalue weighted by atomic mass is 32.2. The molecule has 2 N–H and O–H groups in total. The van der Waals surface area contributed by atoms with E-state index < -0.39 is 10.0 Å². The molecule has 3 rings (SSSR count). The van der Waals surface area contributed by atoms with Crippen molar-refractivity contribution in [2.75, 3.05) is 6.54 Å². The number of nitrogens with zero attached hydrogens (tertiary/aromatic N) is 3. The summed E-state index contributed by atoms with van der Waals surface area (Å²) in [5.41, 5.74) is 1.15. The second kappa shape index (κ2) is 8.07. The summed E-state index contributed by atoms with van der Waals surface area (Å²) in [7, 11) is -3.67. The Bertz CT molecular complexity index is 1070. The molecule has 7 nitrogen and oxygen atoms in total. The van der Waals surface area contributed by atoms with Crippen LogP contribution in [0.15, 0.2) is 53.4 Å². The van der Waals surface area contributed by atoms with E-state index in [2.05, 4.69) is 19.9 Å². The van der Waals surface area contributed by atoms with Gasteiger partial charge in [-0.3, -0.25) is 5.10 Å². The Balaban J connectivity index is 1.56. The Hall–Kier alpha value is -3.09. The molecule has 3 aromatic rings. The van der Waals surface area contributed by atoms with Crippen molar-refractivity contribution in [3.8, 4) is 6.07 Å². The van der Waals surface area contributed by atoms with E-state index in [0.29, 0.717) is 30.1 Å². The molecular formula is C18H16FN5O2S. The molecule has 0 aliphatic rings. The van der Waals surface area contributed by atoms with Gasteiger partial charge in [-0.25, -0.2) is 22.5 Å². The summed E-state index contributed by atoms with van der Waals surface area (Å²) in [6.07, 6.45) is 0.705. The summed E-state index contributed by atoms with van der Waals surface area (Å²) >= 11 is 0. The predicted octanol–water partition coefficient (Wildman–Crippen LogP) is 1.93. The first-order chi connectivity index (χ1) is 13.0. The molecule has 138 valence electrons. The van der Waals surface area contributed by atoms with Gasteiger partial charge in [-0.15, -0.1) is 0 Å². The molecule has 0 radical (unpaired) electrons. The van der Waals surface area contributed by atoms with Crippen LogP contribution in [0, 0.1) is 17.1 Å². The Kier molecular flexibility index (Phi) is 5.59. The van der Waals surface area contributed by atoms with Crippen molar-refractivity contribution < 1.29 is 12.8 Å². The van der Waals surface area contributed by atoms with Crippen LogP contribution < -0.4 is 4.72 Å². The minimum absolute atomic E-state index is 0.0864. The molecule has 0 aliphatic heterocycles. The lowest BCUT2D eigenvalue weighted by Crippen LogP contribution is -2.26. The highest BCUT2D eigenvalue weighted by Gasteiger charge is 2.14. The van der Waals surface area contributed by atoms with Crippen molar-refractivity contribution in [2.45, 2.75) is 17.7 Å². The van der Waals surface area contributed by atoms with Gasteiger partial charge in [-0.1, -0.05) is 12.1 Å². The van der Waals surface area contributed by atoms with Gasteiger partial charge in [0.1, 0.15) is 11.6 Å². The first-order valence-electron chi connectivity index (χ1n) is 8.11. The van der Waals surface area contributed by atoms with E-state index >= 15 is 0 Å². The van der Waals surface area contributed by atoms with Crippen molar-refractivity contribution >= 4 is 10.0 Å². The van der Waals surface area contributed by atoms with Crippen molar-refractivity contribution in [1.29, 1.82) is 5.26 Å². The SMILES string of the molecule is N#Cc1ccc(S(=O)(=O)NCCc2n[nH]c(Cc3cccc(F)c3)n2)cc1. The molecule has 1 heterocycles. The summed E-state index contributed by atoms with van der Waals surface area (Å²) < 4.78 is 40.1. The third-order valence-corrected chi connectivity index (χ3v) is 5.25. The van der Waals surface area contributed by atoms with Gasteiger partial charge in [0.25, 0.3) is 0 Å². The molecule has 0 saturated heterocycles. The van der Waals surface area contributed by atoms with Crippen LogP contribution in [0.25, 0.3) is 0 Å². The smallest absolute Gasteiger partial charge is 0.240 e. The number of aromatic amines is 1. The number of halogens is 1. The zero-order chi connectivity index (χ0) is 19.3. The fourth-order valence-corrected chi connectivity index (χ4v) is 3.49. The van der Waals surface area contributed by atoms with Gasteiger partial charge in [0, 0.05) is 19.4 Å². The van der Waals surface area contributed by atoms with Crippen LogP contribution in [0.2, 0.25) is 0 Å². The Morgan fingerprint density at radius 1 is 1.19 bits per heavy atom. The molecule has 0 aliphatic carbocycles. The number of rotatable bonds is 7. The normalized spacial score (nSPS) is 11.3. The van der Waals surface area contributed by atoms with Crippen molar-refractivity contribution in [1.82, 2.24) is 19.9 Å². The molecular weight excluding hydrogens is 369 g/mol. The maximum atomic E-state index is 13.2. The summed E-state index contributed by atoms with van der Waals surface area (Å²) in [6, 6.07) is 13.8. The van der Waals surface area contributed by atoms with Gasteiger partial charge in [-0.2, -0.15) is 10.4 Å². The topological polar surface area (TPSA) is 112 Å². The van der Waals surface area contributed by atoms with Gasteiger partial charge in [-0.05, 0) is 42.0 Å². The molecule has 1 aromatic heterocycles. The van der Waals surface area contributed by atoms with Gasteiger partial charge in [0.15, 0.2) is 5.82 Å². The quantitative estimate of drug-likeness (QED) is 0.645. The fourth-order valence-electron chi connectivity index (χ4n) is 2.46. The summed E-state index contributed by atoms with van der Waals surface area (Å²) in [4.78, 5) is 4.38. The number of sulfonamides is 1. The monoisotopic (exact) mass is 385 g/mol. The molecule has 9 heteroatoms. The largest absolute Gasteiger partial charge is 0.263 e. The lowest BCUT2D eigenvalue weighted by molar-refractivity contribution is 0.581. The molecule has 0 bridgehead atoms. The van der Waals surface area contributed by atoms with Crippen LogP contribution in [0.1, 0.15) is 22.8 Å². The van der Waals surface area contributed by atoms with Gasteiger partial charge in [0.2, 0.25) is 10.0 Å². The maximum absolute atomic E-state index is 13.2. The van der Waals surface area contributed by atoms with Crippen LogP contribution in [0.5, 0.6) is 0 Å². The standard InChI is InChI=1S/C18H16FN5O2S/c19-15-3-1-2-14(10-15)11-18-22-17(23-24-18)8-9-21-27(25,26)16-6-4-13(12-20)5-7-16/h1-7,10,21H,8-9,11H2,(H,22,23,24). The highest BCUT2D eigenvalue weighted by Crippen LogP contribution is 2.10. The number of nitrogens with one attached hydrogen (secondary N) is 2. The number of aromatic nitrogens is 3. The molecule has 0 fully saturated rings. The van der Waals surface area contributed by atoms with E-state index in [1.54, 1.807) is 12.1 Å². The first-order valence-corrected chi connectivity index (χ1v) is 9.59. The average Bonchev–Trinajstić information content (AvgIpc) is 3.09. The summed E-state index contributed by atoms with van der Waals surface area (Å²) in [5, 5.41) is 15.6. The van der Waals surface area contributed by atoms with Crippen molar-refractivity contribution in [3.63, 3.8) is 0 Å². The predicted molar refractivity (Wildman–Crippen MR) is 95.6 cm³/mol. The van der Waals surface area contributed by atoms with E-state index in [1.807, 2.05) is 6.07 Å². The molecule has 0 saturated carbocycles. The van der Waals surface area contributed by atoms with Crippen molar-refractivity contribution in [3.05, 3.63) is 77.1 Å². The summed E-state index contributed by atoms with van der Waals surface area (Å²) in [6.45, 7) is 0.125. The minimum Gasteiger partial charge on any atom is -0.263 e. The molecule has 0 amide bonds. The van der Waals surface area contributed by atoms with Gasteiger partial charge in [0.05, 0.1) is 16.5 Å². The van der Waals surface area contributed by atoms with E-state index in [1.165, 1.54) is 36.4 Å². The average molecular weight is 385 g/mol. The van der Waals surface area contributed by atoms with Gasteiger partial charge < -0.3 is 0 Å². The maximum Gasteiger partial charge on any atom is 0.240 e. The zero-order valence-corrected chi connectivity index (χ0v) is 15.0. The minimum atomic E-state index is -3.67. The van der Waals surface area contributed by atoms with Crippen LogP contribution in [0.4, 0.5) is 4.39 Å². The zero-order valence-electron chi connectivity index (χ0n) is 14.2. The molecule has 0 spiro atoms. The number of hydrogen-bond acceptors (Lipinski definition) is 5. The molecule has 0 unspecified atom stereocenters. The van der Waals surface area contributed by atoms with E-state index in [0.717, 1.165) is 5.56 Å². The third kappa shape index (κ3) is 4.97. The second-order valence-electron chi connectivity index (χ2n) is 5.79. The first kappa shape index (κ1) is 18.7. The molecule has 2 aromatic carbocycles. The van der Waals surface area contributed by atoms with E-state index in [9.17, 15) is 12.8 Å². The number of hydrogen-bond donors (Lipinski definition) is 2. The Morgan fingerprint density at radius 3 is 2.67 bits per heavy atom. The Morgan fingerprint density at radius 2 is 1.96 bits per heavy atom. The number of nitriles is 1. The third-order valence-electron chi connectivity index (χ3n) is 3.77. The van der Waals surface area contributed by atoms with Crippen LogP contribution >= 0.6 is 0 Å². The lowest BCUT2D eigenvalue weighted by atomic mass is 10.1. The van der Waals surface area contributed by atoms with Crippen LogP contribution in [-0.2, 0) is 22.9 Å². The number of H-pyrrole nitrogens is 1. The number of benzene rings is 2. The fraction of sp³-hybridized carbons (Fsp3) is 0.167. The van der Waals surface area contributed by atoms with Gasteiger partial charge >= 0.3 is 0 Å². The highest BCUT2D eigenvalue weighted by molar-refractivity contribution is 7.89. The van der Waals surface area contributed by atoms with E-state index in [-0.39, 0.29) is 17.3 Å². The van der Waals surface area contributed by atoms with Crippen molar-refractivity contribution in [2.24, 2.45) is 0 Å².